The molecule has 0 aliphatic carbocycles. The van der Waals surface area contributed by atoms with E-state index in [-0.39, 0.29) is 12.5 Å². The molecular formula is C27H27N5O5. The first kappa shape index (κ1) is 23.1. The van der Waals surface area contributed by atoms with Crippen molar-refractivity contribution < 1.29 is 19.5 Å². The Morgan fingerprint density at radius 1 is 1.08 bits per heavy atom. The Labute approximate surface area is 213 Å². The van der Waals surface area contributed by atoms with E-state index in [0.717, 1.165) is 65.3 Å². The van der Waals surface area contributed by atoms with E-state index >= 15 is 0 Å². The number of non-ortho nitro benzene ring substituents is 1. The zero-order chi connectivity index (χ0) is 25.5. The Bertz CT molecular complexity index is 1430. The number of aromatic amines is 1. The number of rotatable bonds is 6. The molecule has 2 N–H and O–H groups in total. The van der Waals surface area contributed by atoms with Gasteiger partial charge in [0.05, 0.1) is 22.1 Å². The summed E-state index contributed by atoms with van der Waals surface area (Å²) in [7, 11) is 0. The maximum absolute atomic E-state index is 11.2. The number of ether oxygens (including phenoxy) is 2. The molecule has 1 saturated heterocycles. The smallest absolute Gasteiger partial charge is 0.269 e. The Hall–Kier alpha value is -4.31. The molecule has 0 amide bonds. The number of para-hydroxylation sites is 2. The van der Waals surface area contributed by atoms with Crippen LogP contribution < -0.4 is 19.5 Å². The van der Waals surface area contributed by atoms with Gasteiger partial charge in [-0.3, -0.25) is 20.1 Å². The molecule has 6 rings (SSSR count). The number of hydrogen-bond acceptors (Lipinski definition) is 8. The summed E-state index contributed by atoms with van der Waals surface area (Å²) < 4.78 is 12.0. The van der Waals surface area contributed by atoms with Crippen molar-refractivity contribution in [3.05, 3.63) is 70.3 Å². The van der Waals surface area contributed by atoms with Gasteiger partial charge in [-0.2, -0.15) is 0 Å². The van der Waals surface area contributed by atoms with Gasteiger partial charge in [0.2, 0.25) is 12.7 Å². The molecule has 0 unspecified atom stereocenters. The van der Waals surface area contributed by atoms with Crippen molar-refractivity contribution in [2.24, 2.45) is 0 Å². The van der Waals surface area contributed by atoms with Gasteiger partial charge in [-0.1, -0.05) is 12.1 Å². The highest BCUT2D eigenvalue weighted by atomic mass is 16.7. The van der Waals surface area contributed by atoms with Crippen molar-refractivity contribution in [1.29, 1.82) is 0 Å². The molecule has 3 heterocycles. The molecule has 0 saturated carbocycles. The molecule has 2 bridgehead atoms. The summed E-state index contributed by atoms with van der Waals surface area (Å²) in [4.78, 5) is 19.1. The molecule has 10 heteroatoms. The molecule has 2 aliphatic rings. The van der Waals surface area contributed by atoms with Crippen molar-refractivity contribution in [2.45, 2.75) is 32.3 Å². The minimum absolute atomic E-state index is 0.0229. The number of hydrazine groups is 1. The van der Waals surface area contributed by atoms with Crippen LogP contribution in [0.15, 0.2) is 54.6 Å². The molecule has 4 aromatic rings. The zero-order valence-corrected chi connectivity index (χ0v) is 20.4. The lowest BCUT2D eigenvalue weighted by Crippen LogP contribution is -2.48. The number of aliphatic hydroxyl groups is 1. The Kier molecular flexibility index (Phi) is 5.80. The number of nitro groups is 1. The zero-order valence-electron chi connectivity index (χ0n) is 20.4. The maximum Gasteiger partial charge on any atom is 0.269 e. The van der Waals surface area contributed by atoms with Crippen LogP contribution in [0.2, 0.25) is 0 Å². The van der Waals surface area contributed by atoms with Crippen LogP contribution in [0.1, 0.15) is 25.3 Å². The molecule has 2 aliphatic heterocycles. The van der Waals surface area contributed by atoms with Gasteiger partial charge >= 0.3 is 0 Å². The number of imidazole rings is 1. The third kappa shape index (κ3) is 4.19. The van der Waals surface area contributed by atoms with E-state index in [1.807, 2.05) is 30.3 Å². The quantitative estimate of drug-likeness (QED) is 0.286. The summed E-state index contributed by atoms with van der Waals surface area (Å²) in [5.74, 6) is 2.06. The first-order chi connectivity index (χ1) is 18.0. The highest BCUT2D eigenvalue weighted by Gasteiger charge is 2.32. The number of aromatic nitrogens is 2. The lowest BCUT2D eigenvalue weighted by atomic mass is 9.95. The van der Waals surface area contributed by atoms with Gasteiger partial charge in [0, 0.05) is 42.8 Å². The third-order valence-electron chi connectivity index (χ3n) is 6.78. The average molecular weight is 502 g/mol. The predicted molar refractivity (Wildman–Crippen MR) is 140 cm³/mol. The molecule has 1 fully saturated rings. The molecule has 3 aromatic carbocycles. The number of nitrogens with zero attached hydrogens (tertiary/aromatic N) is 4. The second-order valence-electron chi connectivity index (χ2n) is 9.37. The van der Waals surface area contributed by atoms with E-state index in [1.54, 1.807) is 19.1 Å². The topological polar surface area (TPSA) is 117 Å². The minimum Gasteiger partial charge on any atom is -0.456 e. The highest BCUT2D eigenvalue weighted by molar-refractivity contribution is 5.84. The molecule has 1 atom stereocenters. The van der Waals surface area contributed by atoms with Crippen LogP contribution in [-0.2, 0) is 6.42 Å². The van der Waals surface area contributed by atoms with Crippen LogP contribution in [0.5, 0.6) is 11.5 Å². The van der Waals surface area contributed by atoms with Crippen molar-refractivity contribution in [2.75, 3.05) is 29.9 Å². The lowest BCUT2D eigenvalue weighted by Gasteiger charge is -2.42. The van der Waals surface area contributed by atoms with Gasteiger partial charge in [-0.25, -0.2) is 4.98 Å². The van der Waals surface area contributed by atoms with Crippen LogP contribution >= 0.6 is 0 Å². The van der Waals surface area contributed by atoms with Crippen molar-refractivity contribution in [3.63, 3.8) is 0 Å². The lowest BCUT2D eigenvalue weighted by molar-refractivity contribution is -0.384. The molecule has 10 nitrogen and oxygen atoms in total. The van der Waals surface area contributed by atoms with Crippen LogP contribution in [0, 0.1) is 10.1 Å². The number of nitro benzene ring substituents is 1. The molecule has 0 radical (unpaired) electrons. The number of nitrogens with one attached hydrogen (secondary N) is 1. The fraction of sp³-hybridized carbons (Fsp3) is 0.296. The fourth-order valence-corrected chi connectivity index (χ4v) is 5.11. The van der Waals surface area contributed by atoms with Crippen LogP contribution in [0.4, 0.5) is 17.3 Å². The SMILES string of the molecule is C[C@H](O)Cc1c2c(-c3ccc([N+](=O)[O-])cc3)cc(N3CCCCN3c3nc4ccccc4[nH]3)c1OCO2. The fourth-order valence-electron chi connectivity index (χ4n) is 5.11. The van der Waals surface area contributed by atoms with Crippen molar-refractivity contribution in [3.8, 4) is 22.6 Å². The van der Waals surface area contributed by atoms with Gasteiger partial charge in [-0.05, 0) is 55.7 Å². The first-order valence-corrected chi connectivity index (χ1v) is 12.4. The monoisotopic (exact) mass is 501 g/mol. The summed E-state index contributed by atoms with van der Waals surface area (Å²) in [6, 6.07) is 16.4. The second kappa shape index (κ2) is 9.29. The molecule has 0 spiro atoms. The maximum atomic E-state index is 11.2. The summed E-state index contributed by atoms with van der Waals surface area (Å²) >= 11 is 0. The minimum atomic E-state index is -0.615. The van der Waals surface area contributed by atoms with Gasteiger partial charge in [-0.15, -0.1) is 0 Å². The van der Waals surface area contributed by atoms with Crippen LogP contribution in [0.25, 0.3) is 22.2 Å². The molecular weight excluding hydrogens is 474 g/mol. The van der Waals surface area contributed by atoms with Gasteiger partial charge in [0.25, 0.3) is 5.69 Å². The first-order valence-electron chi connectivity index (χ1n) is 12.4. The van der Waals surface area contributed by atoms with E-state index in [0.29, 0.717) is 17.9 Å². The molecule has 190 valence electrons. The average Bonchev–Trinajstić information content (AvgIpc) is 3.33. The third-order valence-corrected chi connectivity index (χ3v) is 6.78. The molecule has 1 aromatic heterocycles. The second-order valence-corrected chi connectivity index (χ2v) is 9.37. The highest BCUT2D eigenvalue weighted by Crippen LogP contribution is 2.49. The standard InChI is InChI=1S/C27H27N5O5/c1-17(33)14-21-25-20(18-8-10-19(11-9-18)32(34)35)15-24(26(21)37-16-36-25)30-12-4-5-13-31(30)27-28-22-6-2-3-7-23(22)29-27/h2-3,6-11,15,17,33H,4-5,12-14,16H2,1H3,(H,28,29)/t17-/m0/s1. The summed E-state index contributed by atoms with van der Waals surface area (Å²) in [5.41, 5.74) is 5.09. The van der Waals surface area contributed by atoms with Crippen molar-refractivity contribution in [1.82, 2.24) is 9.97 Å². The van der Waals surface area contributed by atoms with Crippen LogP contribution in [-0.4, -0.2) is 46.0 Å². The Balaban J connectivity index is 1.51. The van der Waals surface area contributed by atoms with Gasteiger partial charge in [0.15, 0.2) is 5.75 Å². The number of hydrogen-bond donors (Lipinski definition) is 2. The largest absolute Gasteiger partial charge is 0.456 e. The van der Waals surface area contributed by atoms with Crippen LogP contribution in [0.3, 0.4) is 0 Å². The number of aliphatic hydroxyl groups excluding tert-OH is 1. The summed E-state index contributed by atoms with van der Waals surface area (Å²) in [5, 5.41) is 25.8. The van der Waals surface area contributed by atoms with E-state index in [9.17, 15) is 15.2 Å². The summed E-state index contributed by atoms with van der Waals surface area (Å²) in [6.07, 6.45) is 1.74. The predicted octanol–water partition coefficient (Wildman–Crippen LogP) is 4.81. The van der Waals surface area contributed by atoms with E-state index in [1.165, 1.54) is 12.1 Å². The molecule has 37 heavy (non-hydrogen) atoms. The number of anilines is 2. The number of H-pyrrole nitrogens is 1. The van der Waals surface area contributed by atoms with E-state index in [2.05, 4.69) is 15.0 Å². The van der Waals surface area contributed by atoms with E-state index < -0.39 is 11.0 Å². The van der Waals surface area contributed by atoms with Crippen molar-refractivity contribution >= 4 is 28.4 Å². The Morgan fingerprint density at radius 3 is 2.54 bits per heavy atom. The number of benzene rings is 3. The Morgan fingerprint density at radius 2 is 1.81 bits per heavy atom. The number of fused-ring (bicyclic) bond motifs is 3. The van der Waals surface area contributed by atoms with E-state index in [4.69, 9.17) is 14.5 Å². The van der Waals surface area contributed by atoms with Gasteiger partial charge in [0.1, 0.15) is 11.4 Å². The normalized spacial score (nSPS) is 15.8. The summed E-state index contributed by atoms with van der Waals surface area (Å²) in [6.45, 7) is 3.30. The van der Waals surface area contributed by atoms with Gasteiger partial charge < -0.3 is 19.6 Å².